The molecule has 0 fully saturated rings. The smallest absolute Gasteiger partial charge is 0.251 e. The number of hydrogen-bond donors (Lipinski definition) is 1. The van der Waals surface area contributed by atoms with E-state index >= 15 is 0 Å². The predicted molar refractivity (Wildman–Crippen MR) is 112 cm³/mol. The molecule has 2 aromatic rings. The van der Waals surface area contributed by atoms with Crippen LogP contribution in [0, 0.1) is 0 Å². The molecular weight excluding hydrogens is 376 g/mol. The number of hydrogen-bond acceptors (Lipinski definition) is 3. The minimum absolute atomic E-state index is 0.0229. The van der Waals surface area contributed by atoms with Gasteiger partial charge in [0.2, 0.25) is 5.91 Å². The number of carbonyl (C=O) groups is 2. The molecule has 0 aliphatic carbocycles. The van der Waals surface area contributed by atoms with E-state index < -0.39 is 0 Å². The van der Waals surface area contributed by atoms with Gasteiger partial charge in [-0.3, -0.25) is 9.59 Å². The third kappa shape index (κ3) is 5.73. The molecule has 6 heteroatoms. The van der Waals surface area contributed by atoms with E-state index in [0.29, 0.717) is 22.9 Å². The van der Waals surface area contributed by atoms with Crippen LogP contribution in [-0.4, -0.2) is 37.4 Å². The monoisotopic (exact) mass is 402 g/mol. The van der Waals surface area contributed by atoms with Crippen LogP contribution < -0.4 is 10.1 Å². The van der Waals surface area contributed by atoms with Crippen molar-refractivity contribution in [1.82, 2.24) is 10.2 Å². The van der Waals surface area contributed by atoms with Gasteiger partial charge < -0.3 is 15.0 Å². The molecule has 0 spiro atoms. The number of rotatable bonds is 6. The van der Waals surface area contributed by atoms with Crippen LogP contribution in [0.5, 0.6) is 5.75 Å². The van der Waals surface area contributed by atoms with Gasteiger partial charge >= 0.3 is 0 Å². The first kappa shape index (κ1) is 21.8. The van der Waals surface area contributed by atoms with Crippen molar-refractivity contribution in [3.63, 3.8) is 0 Å². The SMILES string of the molecule is COc1ccc(Cl)cc1CN(C)C(=O)CNC(=O)c1ccc(C(C)(C)C)cc1. The normalized spacial score (nSPS) is 11.1. The van der Waals surface area contributed by atoms with Gasteiger partial charge in [0.05, 0.1) is 13.7 Å². The summed E-state index contributed by atoms with van der Waals surface area (Å²) in [6.45, 7) is 6.60. The molecule has 2 rings (SSSR count). The standard InChI is InChI=1S/C22H27ClN2O3/c1-22(2,3)17-8-6-15(7-9-17)21(27)24-13-20(26)25(4)14-16-12-18(23)10-11-19(16)28-5/h6-12H,13-14H2,1-5H3,(H,24,27). The van der Waals surface area contributed by atoms with Gasteiger partial charge in [-0.15, -0.1) is 0 Å². The Balaban J connectivity index is 1.94. The average molecular weight is 403 g/mol. The summed E-state index contributed by atoms with van der Waals surface area (Å²) < 4.78 is 5.30. The van der Waals surface area contributed by atoms with Crippen LogP contribution in [-0.2, 0) is 16.8 Å². The van der Waals surface area contributed by atoms with Crippen LogP contribution in [0.25, 0.3) is 0 Å². The topological polar surface area (TPSA) is 58.6 Å². The molecule has 0 bridgehead atoms. The summed E-state index contributed by atoms with van der Waals surface area (Å²) in [6, 6.07) is 12.7. The molecule has 0 heterocycles. The fraction of sp³-hybridized carbons (Fsp3) is 0.364. The first-order valence-corrected chi connectivity index (χ1v) is 9.44. The number of amides is 2. The first-order valence-electron chi connectivity index (χ1n) is 9.07. The Hall–Kier alpha value is -2.53. The lowest BCUT2D eigenvalue weighted by Crippen LogP contribution is -2.37. The van der Waals surface area contributed by atoms with Crippen molar-refractivity contribution in [3.05, 3.63) is 64.2 Å². The zero-order valence-electron chi connectivity index (χ0n) is 17.0. The molecule has 0 atom stereocenters. The molecule has 2 amide bonds. The maximum absolute atomic E-state index is 12.4. The van der Waals surface area contributed by atoms with Crippen LogP contribution in [0.4, 0.5) is 0 Å². The van der Waals surface area contributed by atoms with Crippen LogP contribution in [0.3, 0.4) is 0 Å². The van der Waals surface area contributed by atoms with Crippen molar-refractivity contribution in [3.8, 4) is 5.75 Å². The van der Waals surface area contributed by atoms with E-state index in [1.165, 1.54) is 4.90 Å². The molecule has 5 nitrogen and oxygen atoms in total. The lowest BCUT2D eigenvalue weighted by atomic mass is 9.87. The summed E-state index contributed by atoms with van der Waals surface area (Å²) in [4.78, 5) is 26.2. The molecule has 1 N–H and O–H groups in total. The second kappa shape index (κ2) is 9.11. The van der Waals surface area contributed by atoms with Gasteiger partial charge in [-0.25, -0.2) is 0 Å². The van der Waals surface area contributed by atoms with Crippen LogP contribution >= 0.6 is 11.6 Å². The van der Waals surface area contributed by atoms with Crippen molar-refractivity contribution in [2.75, 3.05) is 20.7 Å². The fourth-order valence-corrected chi connectivity index (χ4v) is 2.92. The van der Waals surface area contributed by atoms with Crippen molar-refractivity contribution < 1.29 is 14.3 Å². The number of halogens is 1. The molecule has 0 aliphatic rings. The molecule has 0 aliphatic heterocycles. The second-order valence-electron chi connectivity index (χ2n) is 7.72. The Morgan fingerprint density at radius 1 is 1.11 bits per heavy atom. The highest BCUT2D eigenvalue weighted by Crippen LogP contribution is 2.24. The molecule has 2 aromatic carbocycles. The molecule has 0 radical (unpaired) electrons. The highest BCUT2D eigenvalue weighted by molar-refractivity contribution is 6.30. The van der Waals surface area contributed by atoms with E-state index in [0.717, 1.165) is 11.1 Å². The van der Waals surface area contributed by atoms with Gasteiger partial charge in [0.15, 0.2) is 0 Å². The van der Waals surface area contributed by atoms with E-state index in [4.69, 9.17) is 16.3 Å². The van der Waals surface area contributed by atoms with Crippen molar-refractivity contribution in [2.45, 2.75) is 32.7 Å². The Bertz CT molecular complexity index is 842. The number of methoxy groups -OCH3 is 1. The minimum atomic E-state index is -0.275. The zero-order valence-corrected chi connectivity index (χ0v) is 17.8. The number of nitrogens with one attached hydrogen (secondary N) is 1. The van der Waals surface area contributed by atoms with E-state index in [9.17, 15) is 9.59 Å². The summed E-state index contributed by atoms with van der Waals surface area (Å²) in [7, 11) is 3.24. The van der Waals surface area contributed by atoms with Gasteiger partial charge in [-0.05, 0) is 41.3 Å². The lowest BCUT2D eigenvalue weighted by molar-refractivity contribution is -0.129. The Kier molecular flexibility index (Phi) is 7.08. The van der Waals surface area contributed by atoms with Crippen LogP contribution in [0.1, 0.15) is 42.3 Å². The quantitative estimate of drug-likeness (QED) is 0.793. The van der Waals surface area contributed by atoms with Gasteiger partial charge in [0.1, 0.15) is 5.75 Å². The van der Waals surface area contributed by atoms with Gasteiger partial charge in [-0.2, -0.15) is 0 Å². The number of nitrogens with zero attached hydrogens (tertiary/aromatic N) is 1. The maximum atomic E-state index is 12.4. The number of ether oxygens (including phenoxy) is 1. The Labute approximate surface area is 171 Å². The summed E-state index contributed by atoms with van der Waals surface area (Å²) in [6.07, 6.45) is 0. The number of carbonyl (C=O) groups excluding carboxylic acids is 2. The largest absolute Gasteiger partial charge is 0.496 e. The van der Waals surface area contributed by atoms with E-state index in [2.05, 4.69) is 26.1 Å². The summed E-state index contributed by atoms with van der Waals surface area (Å²) in [5, 5.41) is 3.25. The van der Waals surface area contributed by atoms with Crippen LogP contribution in [0.2, 0.25) is 5.02 Å². The Morgan fingerprint density at radius 2 is 1.75 bits per heavy atom. The third-order valence-electron chi connectivity index (χ3n) is 4.49. The molecule has 0 saturated carbocycles. The van der Waals surface area contributed by atoms with Crippen molar-refractivity contribution >= 4 is 23.4 Å². The molecular formula is C22H27ClN2O3. The van der Waals surface area contributed by atoms with Gasteiger partial charge in [-0.1, -0.05) is 44.5 Å². The van der Waals surface area contributed by atoms with Crippen LogP contribution in [0.15, 0.2) is 42.5 Å². The average Bonchev–Trinajstić information content (AvgIpc) is 2.65. The summed E-state index contributed by atoms with van der Waals surface area (Å²) >= 11 is 6.03. The molecule has 0 saturated heterocycles. The predicted octanol–water partition coefficient (Wildman–Crippen LogP) is 4.03. The van der Waals surface area contributed by atoms with Gasteiger partial charge in [0, 0.05) is 29.7 Å². The van der Waals surface area contributed by atoms with E-state index in [1.807, 2.05) is 12.1 Å². The highest BCUT2D eigenvalue weighted by atomic mass is 35.5. The maximum Gasteiger partial charge on any atom is 0.251 e. The van der Waals surface area contributed by atoms with Crippen molar-refractivity contribution in [2.24, 2.45) is 0 Å². The van der Waals surface area contributed by atoms with E-state index in [1.54, 1.807) is 44.5 Å². The van der Waals surface area contributed by atoms with Gasteiger partial charge in [0.25, 0.3) is 5.91 Å². The van der Waals surface area contributed by atoms with Crippen molar-refractivity contribution in [1.29, 1.82) is 0 Å². The number of benzene rings is 2. The zero-order chi connectivity index (χ0) is 20.9. The lowest BCUT2D eigenvalue weighted by Gasteiger charge is -2.20. The van der Waals surface area contributed by atoms with E-state index in [-0.39, 0.29) is 23.8 Å². The highest BCUT2D eigenvalue weighted by Gasteiger charge is 2.16. The molecule has 28 heavy (non-hydrogen) atoms. The first-order chi connectivity index (χ1) is 13.1. The Morgan fingerprint density at radius 3 is 2.32 bits per heavy atom. The summed E-state index contributed by atoms with van der Waals surface area (Å²) in [5.74, 6) is 0.177. The molecule has 0 unspecified atom stereocenters. The summed E-state index contributed by atoms with van der Waals surface area (Å²) in [5.41, 5.74) is 2.50. The third-order valence-corrected chi connectivity index (χ3v) is 4.72. The number of likely N-dealkylation sites (N-methyl/N-ethyl adjacent to an activating group) is 1. The second-order valence-corrected chi connectivity index (χ2v) is 8.15. The molecule has 0 aromatic heterocycles. The molecule has 150 valence electrons. The fourth-order valence-electron chi connectivity index (χ4n) is 2.73. The minimum Gasteiger partial charge on any atom is -0.496 e.